The van der Waals surface area contributed by atoms with Crippen molar-refractivity contribution in [3.05, 3.63) is 35.1 Å². The van der Waals surface area contributed by atoms with E-state index in [0.29, 0.717) is 6.54 Å². The summed E-state index contributed by atoms with van der Waals surface area (Å²) in [4.78, 5) is 0. The van der Waals surface area contributed by atoms with Gasteiger partial charge >= 0.3 is 0 Å². The molecule has 0 bridgehead atoms. The fourth-order valence-corrected chi connectivity index (χ4v) is 5.14. The van der Waals surface area contributed by atoms with E-state index < -0.39 is 9.84 Å². The quantitative estimate of drug-likeness (QED) is 0.860. The molecule has 22 heavy (non-hydrogen) atoms. The van der Waals surface area contributed by atoms with Crippen molar-refractivity contribution in [3.63, 3.8) is 0 Å². The van der Waals surface area contributed by atoms with E-state index in [1.165, 1.54) is 12.3 Å². The summed E-state index contributed by atoms with van der Waals surface area (Å²) in [7, 11) is -3.03. The lowest BCUT2D eigenvalue weighted by molar-refractivity contribution is 0.370. The van der Waals surface area contributed by atoms with Crippen molar-refractivity contribution in [2.45, 2.75) is 49.3 Å². The van der Waals surface area contributed by atoms with Crippen molar-refractivity contribution in [1.29, 1.82) is 0 Å². The number of benzene rings is 1. The van der Waals surface area contributed by atoms with Crippen LogP contribution in [0.3, 0.4) is 0 Å². The van der Waals surface area contributed by atoms with Crippen molar-refractivity contribution >= 4 is 21.6 Å². The van der Waals surface area contributed by atoms with Crippen LogP contribution in [0.5, 0.6) is 0 Å². The number of nitrogens with one attached hydrogen (secondary N) is 1. The van der Waals surface area contributed by atoms with Gasteiger partial charge in [0.25, 0.3) is 0 Å². The van der Waals surface area contributed by atoms with Gasteiger partial charge in [0.2, 0.25) is 0 Å². The van der Waals surface area contributed by atoms with E-state index in [-0.39, 0.29) is 17.1 Å². The van der Waals surface area contributed by atoms with Gasteiger partial charge in [0.05, 0.1) is 5.25 Å². The third kappa shape index (κ3) is 4.70. The molecule has 3 nitrogen and oxygen atoms in total. The predicted octanol–water partition coefficient (Wildman–Crippen LogP) is 3.13. The van der Waals surface area contributed by atoms with Crippen LogP contribution in [0.2, 0.25) is 0 Å². The molecule has 1 aromatic carbocycles. The predicted molar refractivity (Wildman–Crippen MR) is 91.3 cm³/mol. The Hall–Kier alpha value is -0.590. The number of sulfone groups is 1. The average Bonchev–Trinajstić information content (AvgIpc) is 2.46. The smallest absolute Gasteiger partial charge is 0.151 e. The molecule has 1 saturated carbocycles. The van der Waals surface area contributed by atoms with Gasteiger partial charge in [0.1, 0.15) is 5.82 Å². The fourth-order valence-electron chi connectivity index (χ4n) is 3.14. The van der Waals surface area contributed by atoms with Crippen LogP contribution < -0.4 is 5.32 Å². The maximum atomic E-state index is 13.4. The number of thioether (sulfide) groups is 1. The van der Waals surface area contributed by atoms with Crippen LogP contribution in [0.15, 0.2) is 18.2 Å². The molecule has 0 aromatic heterocycles. The summed E-state index contributed by atoms with van der Waals surface area (Å²) in [5.74, 6) is 0.536. The minimum atomic E-state index is -3.03. The van der Waals surface area contributed by atoms with Crippen LogP contribution in [-0.2, 0) is 22.1 Å². The summed E-state index contributed by atoms with van der Waals surface area (Å²) in [6, 6.07) is 4.83. The van der Waals surface area contributed by atoms with Crippen LogP contribution in [0.25, 0.3) is 0 Å². The van der Waals surface area contributed by atoms with Crippen LogP contribution in [0, 0.1) is 5.82 Å². The van der Waals surface area contributed by atoms with Crippen molar-refractivity contribution in [1.82, 2.24) is 5.32 Å². The Morgan fingerprint density at radius 2 is 2.00 bits per heavy atom. The highest BCUT2D eigenvalue weighted by atomic mass is 32.2. The summed E-state index contributed by atoms with van der Waals surface area (Å²) >= 11 is 1.65. The highest BCUT2D eigenvalue weighted by Crippen LogP contribution is 2.25. The average molecular weight is 346 g/mol. The molecule has 1 aliphatic carbocycles. The lowest BCUT2D eigenvalue weighted by atomic mass is 9.94. The van der Waals surface area contributed by atoms with Crippen molar-refractivity contribution in [3.8, 4) is 0 Å². The van der Waals surface area contributed by atoms with E-state index in [4.69, 9.17) is 0 Å². The molecule has 1 aliphatic rings. The number of hydrogen-bond donors (Lipinski definition) is 1. The highest BCUT2D eigenvalue weighted by Gasteiger charge is 2.32. The van der Waals surface area contributed by atoms with Crippen molar-refractivity contribution in [2.24, 2.45) is 0 Å². The first kappa shape index (κ1) is 17.8. The molecular formula is C16H24FNO2S2. The maximum absolute atomic E-state index is 13.4. The molecule has 0 heterocycles. The number of hydrogen-bond acceptors (Lipinski definition) is 4. The van der Waals surface area contributed by atoms with E-state index in [2.05, 4.69) is 5.32 Å². The topological polar surface area (TPSA) is 46.2 Å². The van der Waals surface area contributed by atoms with Gasteiger partial charge in [-0.1, -0.05) is 18.9 Å². The zero-order valence-corrected chi connectivity index (χ0v) is 14.8. The van der Waals surface area contributed by atoms with Gasteiger partial charge in [-0.25, -0.2) is 12.8 Å². The highest BCUT2D eigenvalue weighted by molar-refractivity contribution is 7.97. The monoisotopic (exact) mass is 345 g/mol. The number of halogens is 1. The Bertz CT molecular complexity index is 604. The fraction of sp³-hybridized carbons (Fsp3) is 0.625. The first-order chi connectivity index (χ1) is 10.4. The SMILES string of the molecule is CSCc1cc(F)ccc1CN[C@H]1CCCC[C@H]1S(C)(=O)=O. The Kier molecular flexibility index (Phi) is 6.29. The molecule has 2 atom stereocenters. The largest absolute Gasteiger partial charge is 0.309 e. The minimum absolute atomic E-state index is 0.00377. The van der Waals surface area contributed by atoms with Gasteiger partial charge < -0.3 is 5.32 Å². The Labute approximate surface area is 137 Å². The molecule has 1 fully saturated rings. The summed E-state index contributed by atoms with van der Waals surface area (Å²) in [5.41, 5.74) is 2.03. The standard InChI is InChI=1S/C16H24FNO2S2/c1-21-11-13-9-14(17)8-7-12(13)10-18-15-5-3-4-6-16(15)22(2,19)20/h7-9,15-16,18H,3-6,10-11H2,1-2H3/t15-,16+/m0/s1. The van der Waals surface area contributed by atoms with Crippen LogP contribution in [0.1, 0.15) is 36.8 Å². The second-order valence-corrected chi connectivity index (χ2v) is 9.12. The molecule has 0 amide bonds. The van der Waals surface area contributed by atoms with Crippen LogP contribution >= 0.6 is 11.8 Å². The van der Waals surface area contributed by atoms with Gasteiger partial charge in [-0.15, -0.1) is 0 Å². The molecule has 0 spiro atoms. The van der Waals surface area contributed by atoms with E-state index in [9.17, 15) is 12.8 Å². The van der Waals surface area contributed by atoms with Crippen molar-refractivity contribution in [2.75, 3.05) is 12.5 Å². The van der Waals surface area contributed by atoms with Gasteiger partial charge in [0, 0.05) is 24.6 Å². The Balaban J connectivity index is 2.08. The summed E-state index contributed by atoms with van der Waals surface area (Å²) < 4.78 is 37.2. The lowest BCUT2D eigenvalue weighted by Gasteiger charge is -2.31. The Morgan fingerprint density at radius 3 is 2.68 bits per heavy atom. The first-order valence-corrected chi connectivity index (χ1v) is 10.9. The molecule has 2 rings (SSSR count). The molecule has 0 unspecified atom stereocenters. The van der Waals surface area contributed by atoms with Gasteiger partial charge in [-0.05, 0) is 42.4 Å². The summed E-state index contributed by atoms with van der Waals surface area (Å²) in [6.07, 6.45) is 6.97. The molecule has 0 radical (unpaired) electrons. The van der Waals surface area contributed by atoms with Gasteiger partial charge in [0.15, 0.2) is 9.84 Å². The van der Waals surface area contributed by atoms with E-state index >= 15 is 0 Å². The lowest BCUT2D eigenvalue weighted by Crippen LogP contribution is -2.45. The van der Waals surface area contributed by atoms with Crippen LogP contribution in [-0.4, -0.2) is 32.2 Å². The first-order valence-electron chi connectivity index (χ1n) is 7.60. The second kappa shape index (κ2) is 7.79. The zero-order valence-electron chi connectivity index (χ0n) is 13.1. The van der Waals surface area contributed by atoms with Crippen molar-refractivity contribution < 1.29 is 12.8 Å². The van der Waals surface area contributed by atoms with Crippen LogP contribution in [0.4, 0.5) is 4.39 Å². The summed E-state index contributed by atoms with van der Waals surface area (Å²) in [6.45, 7) is 0.590. The molecular weight excluding hydrogens is 321 g/mol. The van der Waals surface area contributed by atoms with E-state index in [0.717, 1.165) is 42.6 Å². The molecule has 1 aromatic rings. The zero-order chi connectivity index (χ0) is 16.2. The third-order valence-corrected chi connectivity index (χ3v) is 6.54. The van der Waals surface area contributed by atoms with Gasteiger partial charge in [-0.3, -0.25) is 0 Å². The van der Waals surface area contributed by atoms with E-state index in [1.807, 2.05) is 6.26 Å². The molecule has 0 aliphatic heterocycles. The maximum Gasteiger partial charge on any atom is 0.151 e. The summed E-state index contributed by atoms with van der Waals surface area (Å²) in [5, 5.41) is 3.10. The minimum Gasteiger partial charge on any atom is -0.309 e. The van der Waals surface area contributed by atoms with Gasteiger partial charge in [-0.2, -0.15) is 11.8 Å². The molecule has 1 N–H and O–H groups in total. The third-order valence-electron chi connectivity index (χ3n) is 4.28. The molecule has 124 valence electrons. The Morgan fingerprint density at radius 1 is 1.27 bits per heavy atom. The molecule has 6 heteroatoms. The normalized spacial score (nSPS) is 22.7. The number of rotatable bonds is 6. The second-order valence-electron chi connectivity index (χ2n) is 5.99. The molecule has 0 saturated heterocycles. The van der Waals surface area contributed by atoms with E-state index in [1.54, 1.807) is 23.9 Å².